The number of ether oxygens (including phenoxy) is 2. The molecular formula is C13H19NO2. The van der Waals surface area contributed by atoms with Gasteiger partial charge in [0, 0.05) is 24.2 Å². The van der Waals surface area contributed by atoms with E-state index in [4.69, 9.17) is 9.47 Å². The van der Waals surface area contributed by atoms with Crippen LogP contribution in [0.15, 0.2) is 6.07 Å². The van der Waals surface area contributed by atoms with Crippen molar-refractivity contribution in [2.45, 2.75) is 19.9 Å². The SMILES string of the molecule is COc1cc2c(c(OC)c1C)CN(C)CC2. The number of benzene rings is 1. The van der Waals surface area contributed by atoms with E-state index in [1.807, 2.05) is 6.92 Å². The maximum atomic E-state index is 5.53. The molecule has 0 aliphatic carbocycles. The summed E-state index contributed by atoms with van der Waals surface area (Å²) in [5.74, 6) is 1.92. The van der Waals surface area contributed by atoms with Crippen molar-refractivity contribution < 1.29 is 9.47 Å². The number of methoxy groups -OCH3 is 2. The Morgan fingerprint density at radius 2 is 2.00 bits per heavy atom. The van der Waals surface area contributed by atoms with Gasteiger partial charge in [-0.2, -0.15) is 0 Å². The summed E-state index contributed by atoms with van der Waals surface area (Å²) in [5, 5.41) is 0. The van der Waals surface area contributed by atoms with Crippen molar-refractivity contribution >= 4 is 0 Å². The molecule has 0 N–H and O–H groups in total. The molecule has 1 aromatic carbocycles. The van der Waals surface area contributed by atoms with Gasteiger partial charge in [-0.15, -0.1) is 0 Å². The highest BCUT2D eigenvalue weighted by molar-refractivity contribution is 5.54. The normalized spacial score (nSPS) is 15.8. The van der Waals surface area contributed by atoms with Crippen LogP contribution in [0.4, 0.5) is 0 Å². The van der Waals surface area contributed by atoms with Crippen molar-refractivity contribution in [3.05, 3.63) is 22.8 Å². The van der Waals surface area contributed by atoms with Crippen molar-refractivity contribution in [1.29, 1.82) is 0 Å². The summed E-state index contributed by atoms with van der Waals surface area (Å²) in [6.07, 6.45) is 1.07. The number of nitrogens with zero attached hydrogens (tertiary/aromatic N) is 1. The van der Waals surface area contributed by atoms with Crippen LogP contribution in [-0.4, -0.2) is 32.7 Å². The first-order chi connectivity index (χ1) is 7.67. The molecule has 16 heavy (non-hydrogen) atoms. The minimum atomic E-state index is 0.931. The lowest BCUT2D eigenvalue weighted by Gasteiger charge is -2.28. The predicted molar refractivity (Wildman–Crippen MR) is 64.3 cm³/mol. The smallest absolute Gasteiger partial charge is 0.130 e. The third-order valence-corrected chi connectivity index (χ3v) is 3.29. The average molecular weight is 221 g/mol. The van der Waals surface area contributed by atoms with Gasteiger partial charge in [-0.25, -0.2) is 0 Å². The molecule has 0 radical (unpaired) electrons. The van der Waals surface area contributed by atoms with Gasteiger partial charge in [0.25, 0.3) is 0 Å². The number of fused-ring (bicyclic) bond motifs is 1. The number of likely N-dealkylation sites (N-methyl/N-ethyl adjacent to an activating group) is 1. The quantitative estimate of drug-likeness (QED) is 0.762. The first-order valence-corrected chi connectivity index (χ1v) is 5.59. The second kappa shape index (κ2) is 4.34. The van der Waals surface area contributed by atoms with E-state index in [0.717, 1.165) is 36.6 Å². The zero-order chi connectivity index (χ0) is 11.7. The van der Waals surface area contributed by atoms with Gasteiger partial charge < -0.3 is 14.4 Å². The number of hydrogen-bond acceptors (Lipinski definition) is 3. The van der Waals surface area contributed by atoms with Crippen LogP contribution in [0.5, 0.6) is 11.5 Å². The van der Waals surface area contributed by atoms with E-state index in [1.54, 1.807) is 14.2 Å². The maximum Gasteiger partial charge on any atom is 0.130 e. The first kappa shape index (κ1) is 11.3. The Balaban J connectivity index is 2.55. The fourth-order valence-electron chi connectivity index (χ4n) is 2.38. The third kappa shape index (κ3) is 1.76. The Morgan fingerprint density at radius 1 is 1.25 bits per heavy atom. The molecule has 0 bridgehead atoms. The molecule has 3 heteroatoms. The van der Waals surface area contributed by atoms with E-state index < -0.39 is 0 Å². The lowest BCUT2D eigenvalue weighted by Crippen LogP contribution is -2.27. The first-order valence-electron chi connectivity index (χ1n) is 5.59. The molecule has 0 amide bonds. The third-order valence-electron chi connectivity index (χ3n) is 3.29. The van der Waals surface area contributed by atoms with Crippen LogP contribution in [-0.2, 0) is 13.0 Å². The van der Waals surface area contributed by atoms with Gasteiger partial charge in [-0.1, -0.05) is 0 Å². The fraction of sp³-hybridized carbons (Fsp3) is 0.538. The van der Waals surface area contributed by atoms with Gasteiger partial charge in [0.2, 0.25) is 0 Å². The molecule has 0 fully saturated rings. The fourth-order valence-corrected chi connectivity index (χ4v) is 2.38. The standard InChI is InChI=1S/C13H19NO2/c1-9-12(15-3)7-10-5-6-14(2)8-11(10)13(9)16-4/h7H,5-6,8H2,1-4H3. The Kier molecular flexibility index (Phi) is 3.06. The summed E-state index contributed by atoms with van der Waals surface area (Å²) >= 11 is 0. The van der Waals surface area contributed by atoms with E-state index >= 15 is 0 Å². The molecule has 1 aliphatic rings. The van der Waals surface area contributed by atoms with Crippen molar-refractivity contribution in [3.8, 4) is 11.5 Å². The van der Waals surface area contributed by atoms with Crippen molar-refractivity contribution in [3.63, 3.8) is 0 Å². The zero-order valence-corrected chi connectivity index (χ0v) is 10.5. The second-order valence-corrected chi connectivity index (χ2v) is 4.36. The summed E-state index contributed by atoms with van der Waals surface area (Å²) in [4.78, 5) is 2.32. The van der Waals surface area contributed by atoms with E-state index in [9.17, 15) is 0 Å². The molecule has 2 rings (SSSR count). The minimum Gasteiger partial charge on any atom is -0.496 e. The Morgan fingerprint density at radius 3 is 2.62 bits per heavy atom. The number of hydrogen-bond donors (Lipinski definition) is 0. The molecule has 0 spiro atoms. The van der Waals surface area contributed by atoms with Crippen LogP contribution in [0.1, 0.15) is 16.7 Å². The highest BCUT2D eigenvalue weighted by Gasteiger charge is 2.21. The monoisotopic (exact) mass is 221 g/mol. The van der Waals surface area contributed by atoms with E-state index in [0.29, 0.717) is 0 Å². The Labute approximate surface area is 97.0 Å². The summed E-state index contributed by atoms with van der Waals surface area (Å²) < 4.78 is 10.9. The molecular weight excluding hydrogens is 202 g/mol. The highest BCUT2D eigenvalue weighted by Crippen LogP contribution is 2.36. The van der Waals surface area contributed by atoms with Crippen LogP contribution in [0.3, 0.4) is 0 Å². The predicted octanol–water partition coefficient (Wildman–Crippen LogP) is 2.00. The lowest BCUT2D eigenvalue weighted by atomic mass is 9.96. The molecule has 0 atom stereocenters. The van der Waals surface area contributed by atoms with Gasteiger partial charge >= 0.3 is 0 Å². The molecule has 1 aliphatic heterocycles. The van der Waals surface area contributed by atoms with E-state index in [1.165, 1.54) is 11.1 Å². The van der Waals surface area contributed by atoms with Gasteiger partial charge in [0.15, 0.2) is 0 Å². The van der Waals surface area contributed by atoms with Crippen LogP contribution >= 0.6 is 0 Å². The van der Waals surface area contributed by atoms with Gasteiger partial charge in [0.1, 0.15) is 11.5 Å². The Hall–Kier alpha value is -1.22. The topological polar surface area (TPSA) is 21.7 Å². The summed E-state index contributed by atoms with van der Waals surface area (Å²) in [6, 6.07) is 2.15. The average Bonchev–Trinajstić information content (AvgIpc) is 2.28. The van der Waals surface area contributed by atoms with Crippen LogP contribution < -0.4 is 9.47 Å². The minimum absolute atomic E-state index is 0.931. The second-order valence-electron chi connectivity index (χ2n) is 4.36. The summed E-state index contributed by atoms with van der Waals surface area (Å²) in [7, 11) is 5.59. The van der Waals surface area contributed by atoms with Gasteiger partial charge in [0.05, 0.1) is 14.2 Å². The van der Waals surface area contributed by atoms with Gasteiger partial charge in [-0.05, 0) is 32.0 Å². The van der Waals surface area contributed by atoms with Crippen LogP contribution in [0.2, 0.25) is 0 Å². The Bertz CT molecular complexity index is 401. The molecule has 0 saturated carbocycles. The van der Waals surface area contributed by atoms with E-state index in [-0.39, 0.29) is 0 Å². The van der Waals surface area contributed by atoms with Crippen LogP contribution in [0.25, 0.3) is 0 Å². The summed E-state index contributed by atoms with van der Waals surface area (Å²) in [5.41, 5.74) is 3.77. The molecule has 0 unspecified atom stereocenters. The molecule has 1 heterocycles. The van der Waals surface area contributed by atoms with Gasteiger partial charge in [-0.3, -0.25) is 0 Å². The van der Waals surface area contributed by atoms with Crippen molar-refractivity contribution in [1.82, 2.24) is 4.90 Å². The highest BCUT2D eigenvalue weighted by atomic mass is 16.5. The van der Waals surface area contributed by atoms with Crippen molar-refractivity contribution in [2.24, 2.45) is 0 Å². The molecule has 1 aromatic rings. The lowest BCUT2D eigenvalue weighted by molar-refractivity contribution is 0.299. The van der Waals surface area contributed by atoms with Crippen LogP contribution in [0, 0.1) is 6.92 Å². The summed E-state index contributed by atoms with van der Waals surface area (Å²) in [6.45, 7) is 4.11. The largest absolute Gasteiger partial charge is 0.496 e. The maximum absolute atomic E-state index is 5.53. The molecule has 3 nitrogen and oxygen atoms in total. The number of rotatable bonds is 2. The van der Waals surface area contributed by atoms with E-state index in [2.05, 4.69) is 18.0 Å². The molecule has 0 aromatic heterocycles. The molecule has 88 valence electrons. The zero-order valence-electron chi connectivity index (χ0n) is 10.5. The molecule has 0 saturated heterocycles. The van der Waals surface area contributed by atoms with Crippen molar-refractivity contribution in [2.75, 3.05) is 27.8 Å².